The number of anilines is 1. The normalized spacial score (nSPS) is 12.4. The largest absolute Gasteiger partial charge is 0.347 e. The molecule has 0 aliphatic heterocycles. The number of aromatic nitrogens is 3. The van der Waals surface area contributed by atoms with Crippen LogP contribution in [-0.4, -0.2) is 47.6 Å². The number of urea groups is 1. The molecular weight excluding hydrogens is 569 g/mol. The quantitative estimate of drug-likeness (QED) is 0.299. The van der Waals surface area contributed by atoms with E-state index in [1.807, 2.05) is 0 Å². The van der Waals surface area contributed by atoms with Gasteiger partial charge in [-0.2, -0.15) is 13.5 Å². The lowest BCUT2D eigenvalue weighted by Gasteiger charge is -2.25. The predicted molar refractivity (Wildman–Crippen MR) is 143 cm³/mol. The molecule has 3 aromatic carbocycles. The average molecular weight is 589 g/mol. The summed E-state index contributed by atoms with van der Waals surface area (Å²) in [6, 6.07) is 8.24. The van der Waals surface area contributed by atoms with Crippen LogP contribution in [0.1, 0.15) is 5.56 Å². The van der Waals surface area contributed by atoms with Crippen LogP contribution in [-0.2, 0) is 21.4 Å². The molecule has 40 heavy (non-hydrogen) atoms. The second kappa shape index (κ2) is 10.6. The number of nitrogens with zero attached hydrogens (tertiary/aromatic N) is 4. The molecule has 206 valence electrons. The molecule has 0 saturated heterocycles. The Bertz CT molecular complexity index is 1850. The van der Waals surface area contributed by atoms with Gasteiger partial charge >= 0.3 is 16.2 Å². The van der Waals surface area contributed by atoms with Gasteiger partial charge < -0.3 is 10.2 Å². The van der Waals surface area contributed by atoms with Gasteiger partial charge in [-0.3, -0.25) is 4.79 Å². The zero-order chi connectivity index (χ0) is 28.6. The molecule has 3 amide bonds. The second-order valence-electron chi connectivity index (χ2n) is 8.71. The molecule has 0 aliphatic rings. The van der Waals surface area contributed by atoms with Gasteiger partial charge in [0.25, 0.3) is 0 Å². The molecule has 0 fully saturated rings. The molecule has 15 heteroatoms. The van der Waals surface area contributed by atoms with Crippen LogP contribution < -0.4 is 14.9 Å². The number of fused-ring (bicyclic) bond motifs is 2. The van der Waals surface area contributed by atoms with Gasteiger partial charge in [0.15, 0.2) is 0 Å². The summed E-state index contributed by atoms with van der Waals surface area (Å²) < 4.78 is 70.1. The molecule has 0 radical (unpaired) electrons. The fraction of sp³-hybridized carbons (Fsp3) is 0.120. The molecule has 10 nitrogen and oxygen atoms in total. The summed E-state index contributed by atoms with van der Waals surface area (Å²) in [5, 5.41) is 6.16. The number of hydrogen-bond acceptors (Lipinski definition) is 7. The maximum atomic E-state index is 13.9. The highest BCUT2D eigenvalue weighted by Crippen LogP contribution is 2.24. The van der Waals surface area contributed by atoms with Crippen molar-refractivity contribution >= 4 is 60.3 Å². The van der Waals surface area contributed by atoms with Gasteiger partial charge in [-0.05, 0) is 54.1 Å². The highest BCUT2D eigenvalue weighted by Gasteiger charge is 2.28. The van der Waals surface area contributed by atoms with E-state index in [1.165, 1.54) is 29.4 Å². The van der Waals surface area contributed by atoms with Crippen LogP contribution in [0, 0.1) is 17.5 Å². The number of carbonyl (C=O) groups is 2. The van der Waals surface area contributed by atoms with Crippen molar-refractivity contribution in [3.05, 3.63) is 89.3 Å². The number of likely N-dealkylation sites (N-methyl/N-ethyl adjacent to an activating group) is 1. The zero-order valence-corrected chi connectivity index (χ0v) is 22.1. The first-order valence-corrected chi connectivity index (χ1v) is 13.8. The third-order valence-corrected chi connectivity index (χ3v) is 7.94. The minimum Gasteiger partial charge on any atom is -0.325 e. The van der Waals surface area contributed by atoms with Gasteiger partial charge in [0.2, 0.25) is 5.91 Å². The maximum Gasteiger partial charge on any atom is 0.347 e. The summed E-state index contributed by atoms with van der Waals surface area (Å²) >= 11 is 1.41. The van der Waals surface area contributed by atoms with E-state index in [4.69, 9.17) is 0 Å². The summed E-state index contributed by atoms with van der Waals surface area (Å²) in [5.74, 6) is -3.09. The van der Waals surface area contributed by atoms with Gasteiger partial charge in [-0.15, -0.1) is 15.4 Å². The van der Waals surface area contributed by atoms with Crippen molar-refractivity contribution in [2.45, 2.75) is 12.5 Å². The summed E-state index contributed by atoms with van der Waals surface area (Å²) in [7, 11) is -3.20. The summed E-state index contributed by atoms with van der Waals surface area (Å²) in [6.07, 6.45) is 0.739. The Hall–Kier alpha value is -4.50. The monoisotopic (exact) mass is 588 g/mol. The number of rotatable bonds is 7. The Kier molecular flexibility index (Phi) is 7.16. The van der Waals surface area contributed by atoms with Crippen LogP contribution in [0.4, 0.5) is 23.7 Å². The third kappa shape index (κ3) is 5.60. The minimum atomic E-state index is -4.63. The molecule has 5 rings (SSSR count). The van der Waals surface area contributed by atoms with Crippen molar-refractivity contribution in [1.29, 1.82) is 0 Å². The zero-order valence-electron chi connectivity index (χ0n) is 20.5. The fourth-order valence-corrected chi connectivity index (χ4v) is 5.73. The SMILES string of the molecule is CN(C(=O)C(Cc1cc(F)cc(F)c1)NC(=O)NS(=O)(=O)n1ncc2cc(F)ccc21)c1ccc2scnc2c1. The van der Waals surface area contributed by atoms with Crippen molar-refractivity contribution in [1.82, 2.24) is 24.2 Å². The molecule has 0 aliphatic carbocycles. The topological polar surface area (TPSA) is 126 Å². The molecule has 2 N–H and O–H groups in total. The standard InChI is InChI=1S/C25H19F3N6O4S2/c1-33(19-3-5-23-20(11-19)29-13-39-23)24(35)21(8-14-6-17(27)10-18(28)7-14)31-25(36)32-40(37,38)34-22-4-2-16(26)9-15(22)12-30-34/h2-7,9-13,21H,8H2,1H3,(H2,31,32,36). The van der Waals surface area contributed by atoms with Gasteiger partial charge in [0.05, 0.1) is 27.4 Å². The van der Waals surface area contributed by atoms with Crippen LogP contribution in [0.25, 0.3) is 21.1 Å². The Balaban J connectivity index is 1.41. The molecular formula is C25H19F3N6O4S2. The van der Waals surface area contributed by atoms with E-state index in [0.717, 1.165) is 35.2 Å². The van der Waals surface area contributed by atoms with E-state index < -0.39 is 45.6 Å². The number of nitrogens with one attached hydrogen (secondary N) is 2. The number of benzene rings is 3. The van der Waals surface area contributed by atoms with Crippen molar-refractivity contribution in [3.8, 4) is 0 Å². The van der Waals surface area contributed by atoms with E-state index in [2.05, 4.69) is 15.4 Å². The summed E-state index contributed by atoms with van der Waals surface area (Å²) in [6.45, 7) is 0. The van der Waals surface area contributed by atoms with Crippen LogP contribution in [0.5, 0.6) is 0 Å². The third-order valence-electron chi connectivity index (χ3n) is 5.94. The minimum absolute atomic E-state index is 0.00160. The molecule has 1 atom stereocenters. The molecule has 2 aromatic heterocycles. The van der Waals surface area contributed by atoms with Crippen LogP contribution >= 0.6 is 11.3 Å². The number of carbonyl (C=O) groups excluding carboxylic acids is 2. The maximum absolute atomic E-state index is 13.9. The molecule has 0 saturated carbocycles. The Morgan fingerprint density at radius 3 is 2.52 bits per heavy atom. The summed E-state index contributed by atoms with van der Waals surface area (Å²) in [4.78, 5) is 31.8. The van der Waals surface area contributed by atoms with Gasteiger partial charge in [-0.1, -0.05) is 0 Å². The van der Waals surface area contributed by atoms with Crippen LogP contribution in [0.3, 0.4) is 0 Å². The number of amides is 3. The molecule has 0 spiro atoms. The number of halogens is 3. The van der Waals surface area contributed by atoms with Gasteiger partial charge in [0.1, 0.15) is 23.5 Å². The van der Waals surface area contributed by atoms with E-state index in [0.29, 0.717) is 21.4 Å². The molecule has 5 aromatic rings. The van der Waals surface area contributed by atoms with Crippen molar-refractivity contribution in [2.75, 3.05) is 11.9 Å². The first-order valence-electron chi connectivity index (χ1n) is 11.5. The lowest BCUT2D eigenvalue weighted by atomic mass is 10.0. The van der Waals surface area contributed by atoms with E-state index in [-0.39, 0.29) is 22.9 Å². The van der Waals surface area contributed by atoms with Crippen LogP contribution in [0.2, 0.25) is 0 Å². The first kappa shape index (κ1) is 27.1. The van der Waals surface area contributed by atoms with E-state index in [9.17, 15) is 31.2 Å². The lowest BCUT2D eigenvalue weighted by Crippen LogP contribution is -2.53. The van der Waals surface area contributed by atoms with Gasteiger partial charge in [-0.25, -0.2) is 27.7 Å². The fourth-order valence-electron chi connectivity index (χ4n) is 4.10. The van der Waals surface area contributed by atoms with Crippen LogP contribution in [0.15, 0.2) is 66.3 Å². The smallest absolute Gasteiger partial charge is 0.325 e. The van der Waals surface area contributed by atoms with Crippen molar-refractivity contribution in [2.24, 2.45) is 0 Å². The first-order chi connectivity index (χ1) is 19.0. The molecule has 1 unspecified atom stereocenters. The number of hydrogen-bond donors (Lipinski definition) is 2. The highest BCUT2D eigenvalue weighted by molar-refractivity contribution is 7.88. The lowest BCUT2D eigenvalue weighted by molar-refractivity contribution is -0.120. The Morgan fingerprint density at radius 1 is 1.02 bits per heavy atom. The highest BCUT2D eigenvalue weighted by atomic mass is 32.2. The number of thiazole rings is 1. The average Bonchev–Trinajstić information content (AvgIpc) is 3.53. The van der Waals surface area contributed by atoms with E-state index >= 15 is 0 Å². The molecule has 2 heterocycles. The Labute approximate surface area is 229 Å². The van der Waals surface area contributed by atoms with Gasteiger partial charge in [0, 0.05) is 30.6 Å². The van der Waals surface area contributed by atoms with E-state index in [1.54, 1.807) is 28.4 Å². The predicted octanol–water partition coefficient (Wildman–Crippen LogP) is 3.73. The second-order valence-corrected chi connectivity index (χ2v) is 11.1. The summed E-state index contributed by atoms with van der Waals surface area (Å²) in [5.41, 5.74) is 2.74. The molecule has 0 bridgehead atoms. The Morgan fingerprint density at radius 2 is 1.77 bits per heavy atom. The van der Waals surface area contributed by atoms with Crippen molar-refractivity contribution < 1.29 is 31.2 Å². The van der Waals surface area contributed by atoms with Crippen molar-refractivity contribution in [3.63, 3.8) is 0 Å².